The summed E-state index contributed by atoms with van der Waals surface area (Å²) in [5.41, 5.74) is 0.994. The number of nitriles is 1. The van der Waals surface area contributed by atoms with Gasteiger partial charge in [-0.3, -0.25) is 9.69 Å². The number of ether oxygens (including phenoxy) is 1. The minimum Gasteiger partial charge on any atom is -0.466 e. The molecule has 1 heterocycles. The predicted octanol–water partition coefficient (Wildman–Crippen LogP) is 2.59. The van der Waals surface area contributed by atoms with Crippen LogP contribution in [0.1, 0.15) is 31.9 Å². The fraction of sp³-hybridized carbons (Fsp3) is 0.538. The molecular formula is C13H18N2O2S. The van der Waals surface area contributed by atoms with Crippen LogP contribution in [0.2, 0.25) is 0 Å². The first-order valence-corrected chi connectivity index (χ1v) is 6.98. The van der Waals surface area contributed by atoms with Gasteiger partial charge in [0.05, 0.1) is 19.1 Å². The lowest BCUT2D eigenvalue weighted by atomic mass is 10.1. The summed E-state index contributed by atoms with van der Waals surface area (Å²) in [7, 11) is 0. The summed E-state index contributed by atoms with van der Waals surface area (Å²) >= 11 is 1.57. The molecule has 1 aromatic rings. The number of hydrogen-bond donors (Lipinski definition) is 0. The lowest BCUT2D eigenvalue weighted by Gasteiger charge is -2.24. The van der Waals surface area contributed by atoms with E-state index in [1.54, 1.807) is 18.3 Å². The maximum atomic E-state index is 11.3. The van der Waals surface area contributed by atoms with Gasteiger partial charge in [-0.1, -0.05) is 6.92 Å². The zero-order chi connectivity index (χ0) is 13.4. The zero-order valence-corrected chi connectivity index (χ0v) is 11.6. The van der Waals surface area contributed by atoms with Gasteiger partial charge in [-0.25, -0.2) is 0 Å². The van der Waals surface area contributed by atoms with E-state index in [9.17, 15) is 10.1 Å². The highest BCUT2D eigenvalue weighted by Gasteiger charge is 2.19. The molecule has 0 aliphatic carbocycles. The third kappa shape index (κ3) is 4.13. The smallest absolute Gasteiger partial charge is 0.307 e. The second-order valence-corrected chi connectivity index (χ2v) is 4.55. The highest BCUT2D eigenvalue weighted by atomic mass is 32.1. The number of thiophene rings is 1. The van der Waals surface area contributed by atoms with Gasteiger partial charge >= 0.3 is 5.97 Å². The molecule has 1 unspecified atom stereocenters. The Bertz CT molecular complexity index is 398. The molecule has 0 saturated heterocycles. The van der Waals surface area contributed by atoms with Gasteiger partial charge in [0.1, 0.15) is 6.04 Å². The predicted molar refractivity (Wildman–Crippen MR) is 71.2 cm³/mol. The van der Waals surface area contributed by atoms with E-state index in [4.69, 9.17) is 4.74 Å². The average molecular weight is 266 g/mol. The van der Waals surface area contributed by atoms with Crippen molar-refractivity contribution in [2.75, 3.05) is 19.7 Å². The molecule has 0 saturated carbocycles. The van der Waals surface area contributed by atoms with Crippen molar-refractivity contribution in [1.29, 1.82) is 5.26 Å². The van der Waals surface area contributed by atoms with E-state index in [1.807, 2.05) is 28.7 Å². The van der Waals surface area contributed by atoms with Crippen LogP contribution in [0, 0.1) is 11.3 Å². The number of carbonyl (C=O) groups is 1. The summed E-state index contributed by atoms with van der Waals surface area (Å²) in [6.07, 6.45) is 0.323. The van der Waals surface area contributed by atoms with Crippen LogP contribution in [-0.4, -0.2) is 30.6 Å². The van der Waals surface area contributed by atoms with E-state index in [1.165, 1.54) is 0 Å². The van der Waals surface area contributed by atoms with Gasteiger partial charge in [0.15, 0.2) is 0 Å². The molecule has 1 atom stereocenters. The zero-order valence-electron chi connectivity index (χ0n) is 10.8. The third-order valence-electron chi connectivity index (χ3n) is 2.66. The molecule has 1 aromatic heterocycles. The molecule has 0 spiro atoms. The summed E-state index contributed by atoms with van der Waals surface area (Å²) < 4.78 is 4.89. The lowest BCUT2D eigenvalue weighted by Crippen LogP contribution is -2.30. The molecule has 18 heavy (non-hydrogen) atoms. The van der Waals surface area contributed by atoms with Crippen LogP contribution in [0.25, 0.3) is 0 Å². The average Bonchev–Trinajstić information content (AvgIpc) is 2.88. The Labute approximate surface area is 112 Å². The first-order chi connectivity index (χ1) is 8.72. The largest absolute Gasteiger partial charge is 0.466 e. The van der Waals surface area contributed by atoms with E-state index in [2.05, 4.69) is 6.07 Å². The van der Waals surface area contributed by atoms with Crippen molar-refractivity contribution in [1.82, 2.24) is 4.90 Å². The summed E-state index contributed by atoms with van der Waals surface area (Å²) in [5, 5.41) is 13.2. The molecule has 1 rings (SSSR count). The van der Waals surface area contributed by atoms with E-state index in [0.717, 1.165) is 12.1 Å². The van der Waals surface area contributed by atoms with E-state index in [-0.39, 0.29) is 12.0 Å². The van der Waals surface area contributed by atoms with Gasteiger partial charge in [0.2, 0.25) is 0 Å². The fourth-order valence-electron chi connectivity index (χ4n) is 1.74. The molecule has 4 nitrogen and oxygen atoms in total. The summed E-state index contributed by atoms with van der Waals surface area (Å²) in [5.74, 6) is -0.210. The maximum Gasteiger partial charge on any atom is 0.307 e. The molecule has 0 aromatic carbocycles. The second-order valence-electron chi connectivity index (χ2n) is 3.77. The highest BCUT2D eigenvalue weighted by Crippen LogP contribution is 2.22. The van der Waals surface area contributed by atoms with Gasteiger partial charge in [-0.05, 0) is 35.9 Å². The Kier molecular flexibility index (Phi) is 6.40. The molecule has 5 heteroatoms. The summed E-state index contributed by atoms with van der Waals surface area (Å²) in [4.78, 5) is 13.3. The number of carbonyl (C=O) groups excluding carboxylic acids is 1. The topological polar surface area (TPSA) is 53.3 Å². The Balaban J connectivity index is 2.59. The minimum atomic E-state index is -0.282. The van der Waals surface area contributed by atoms with Crippen molar-refractivity contribution >= 4 is 17.3 Å². The Morgan fingerprint density at radius 2 is 2.39 bits per heavy atom. The van der Waals surface area contributed by atoms with Gasteiger partial charge in [0.25, 0.3) is 0 Å². The van der Waals surface area contributed by atoms with Gasteiger partial charge in [-0.15, -0.1) is 0 Å². The molecule has 0 N–H and O–H groups in total. The van der Waals surface area contributed by atoms with Crippen molar-refractivity contribution in [2.24, 2.45) is 0 Å². The molecule has 0 bridgehead atoms. The van der Waals surface area contributed by atoms with Crippen molar-refractivity contribution in [3.8, 4) is 6.07 Å². The van der Waals surface area contributed by atoms with Gasteiger partial charge in [0, 0.05) is 6.54 Å². The van der Waals surface area contributed by atoms with Crippen LogP contribution in [-0.2, 0) is 9.53 Å². The third-order valence-corrected chi connectivity index (χ3v) is 3.36. The standard InChI is InChI=1S/C13H18N2O2S/c1-3-15(7-5-13(16)17-4-2)12(9-14)11-6-8-18-10-11/h6,8,10,12H,3-5,7H2,1-2H3. The minimum absolute atomic E-state index is 0.210. The van der Waals surface area contributed by atoms with Crippen molar-refractivity contribution in [3.05, 3.63) is 22.4 Å². The van der Waals surface area contributed by atoms with Crippen LogP contribution < -0.4 is 0 Å². The molecule has 0 amide bonds. The van der Waals surface area contributed by atoms with Crippen LogP contribution >= 0.6 is 11.3 Å². The number of esters is 1. The lowest BCUT2D eigenvalue weighted by molar-refractivity contribution is -0.143. The normalized spacial score (nSPS) is 12.1. The molecule has 0 aliphatic heterocycles. The van der Waals surface area contributed by atoms with Gasteiger partial charge in [-0.2, -0.15) is 16.6 Å². The number of nitrogens with zero attached hydrogens (tertiary/aromatic N) is 2. The molecule has 0 aliphatic rings. The Morgan fingerprint density at radius 1 is 1.61 bits per heavy atom. The van der Waals surface area contributed by atoms with Crippen LogP contribution in [0.4, 0.5) is 0 Å². The van der Waals surface area contributed by atoms with Gasteiger partial charge < -0.3 is 4.74 Å². The second kappa shape index (κ2) is 7.85. The van der Waals surface area contributed by atoms with Crippen LogP contribution in [0.15, 0.2) is 16.8 Å². The Hall–Kier alpha value is -1.38. The van der Waals surface area contributed by atoms with Crippen molar-refractivity contribution < 1.29 is 9.53 Å². The first-order valence-electron chi connectivity index (χ1n) is 6.04. The molecule has 0 fully saturated rings. The Morgan fingerprint density at radius 3 is 2.89 bits per heavy atom. The number of rotatable bonds is 7. The monoisotopic (exact) mass is 266 g/mol. The van der Waals surface area contributed by atoms with Crippen molar-refractivity contribution in [2.45, 2.75) is 26.3 Å². The van der Waals surface area contributed by atoms with Crippen LogP contribution in [0.3, 0.4) is 0 Å². The van der Waals surface area contributed by atoms with E-state index < -0.39 is 0 Å². The number of hydrogen-bond acceptors (Lipinski definition) is 5. The first kappa shape index (κ1) is 14.7. The van der Waals surface area contributed by atoms with Crippen molar-refractivity contribution in [3.63, 3.8) is 0 Å². The summed E-state index contributed by atoms with van der Waals surface area (Å²) in [6, 6.07) is 3.96. The van der Waals surface area contributed by atoms with E-state index >= 15 is 0 Å². The molecule has 98 valence electrons. The molecular weight excluding hydrogens is 248 g/mol. The van der Waals surface area contributed by atoms with Crippen LogP contribution in [0.5, 0.6) is 0 Å². The van der Waals surface area contributed by atoms with E-state index in [0.29, 0.717) is 19.6 Å². The summed E-state index contributed by atoms with van der Waals surface area (Å²) in [6.45, 7) is 5.45. The highest BCUT2D eigenvalue weighted by molar-refractivity contribution is 7.08. The SMILES string of the molecule is CCOC(=O)CCN(CC)C(C#N)c1ccsc1. The molecule has 0 radical (unpaired) electrons. The fourth-order valence-corrected chi connectivity index (χ4v) is 2.41. The maximum absolute atomic E-state index is 11.3. The quantitative estimate of drug-likeness (QED) is 0.712.